The Balaban J connectivity index is 1.75. The number of ether oxygens (including phenoxy) is 1. The number of nitrogens with one attached hydrogen (secondary N) is 1. The lowest BCUT2D eigenvalue weighted by molar-refractivity contribution is -0.119. The van der Waals surface area contributed by atoms with Gasteiger partial charge in [0.15, 0.2) is 0 Å². The van der Waals surface area contributed by atoms with E-state index in [1.165, 1.54) is 6.26 Å². The summed E-state index contributed by atoms with van der Waals surface area (Å²) in [6, 6.07) is 6.81. The third kappa shape index (κ3) is 5.10. The second kappa shape index (κ2) is 7.28. The summed E-state index contributed by atoms with van der Waals surface area (Å²) in [5.74, 6) is -1.03. The Morgan fingerprint density at radius 1 is 1.22 bits per heavy atom. The molecule has 1 heterocycles. The molecule has 2 aromatic rings. The van der Waals surface area contributed by atoms with Crippen LogP contribution in [0.2, 0.25) is 0 Å². The van der Waals surface area contributed by atoms with Gasteiger partial charge in [0.05, 0.1) is 24.7 Å². The van der Waals surface area contributed by atoms with Gasteiger partial charge in [0.2, 0.25) is 15.9 Å². The topological polar surface area (TPSA) is 103 Å². The molecule has 1 amide bonds. The molecule has 0 spiro atoms. The van der Waals surface area contributed by atoms with Gasteiger partial charge in [-0.3, -0.25) is 9.52 Å². The van der Waals surface area contributed by atoms with E-state index < -0.39 is 21.9 Å². The molecule has 8 heteroatoms. The number of unbranched alkanes of at least 4 members (excludes halogenated alkanes) is 1. The Bertz CT molecular complexity index is 808. The first-order valence-electron chi connectivity index (χ1n) is 7.01. The second-order valence-electron chi connectivity index (χ2n) is 5.03. The molecule has 23 heavy (non-hydrogen) atoms. The minimum absolute atomic E-state index is 0.0575. The fourth-order valence-electron chi connectivity index (χ4n) is 2.06. The molecular weight excluding hydrogens is 322 g/mol. The molecule has 0 aliphatic carbocycles. The molecule has 0 aliphatic rings. The third-order valence-electron chi connectivity index (χ3n) is 3.05. The molecule has 1 aromatic heterocycles. The summed E-state index contributed by atoms with van der Waals surface area (Å²) in [5, 5.41) is 0.685. The molecule has 0 bridgehead atoms. The predicted molar refractivity (Wildman–Crippen MR) is 83.3 cm³/mol. The largest absolute Gasteiger partial charge is 0.464 e. The number of rotatable bonds is 7. The average molecular weight is 339 g/mol. The van der Waals surface area contributed by atoms with E-state index in [-0.39, 0.29) is 13.0 Å². The SMILES string of the molecule is CS(=O)(=O)NC(=O)CCCCOC(=O)c1cccc2occc12. The number of hydrogen-bond acceptors (Lipinski definition) is 6. The van der Waals surface area contributed by atoms with Gasteiger partial charge in [-0.05, 0) is 31.0 Å². The Hall–Kier alpha value is -2.35. The van der Waals surface area contributed by atoms with Crippen molar-refractivity contribution in [1.29, 1.82) is 0 Å². The van der Waals surface area contributed by atoms with Crippen LogP contribution in [0.25, 0.3) is 11.0 Å². The average Bonchev–Trinajstić information content (AvgIpc) is 2.92. The number of carbonyl (C=O) groups excluding carboxylic acids is 2. The molecule has 0 aliphatic heterocycles. The fourth-order valence-corrected chi connectivity index (χ4v) is 2.58. The van der Waals surface area contributed by atoms with Crippen LogP contribution in [0.15, 0.2) is 34.9 Å². The van der Waals surface area contributed by atoms with Crippen molar-refractivity contribution in [3.05, 3.63) is 36.1 Å². The first-order valence-corrected chi connectivity index (χ1v) is 8.90. The Morgan fingerprint density at radius 2 is 2.00 bits per heavy atom. The van der Waals surface area contributed by atoms with Crippen molar-refractivity contribution in [3.8, 4) is 0 Å². The lowest BCUT2D eigenvalue weighted by Gasteiger charge is -2.06. The smallest absolute Gasteiger partial charge is 0.338 e. The number of hydrogen-bond donors (Lipinski definition) is 1. The van der Waals surface area contributed by atoms with E-state index in [2.05, 4.69) is 0 Å². The highest BCUT2D eigenvalue weighted by molar-refractivity contribution is 7.89. The molecule has 0 saturated carbocycles. The van der Waals surface area contributed by atoms with Crippen molar-refractivity contribution >= 4 is 32.9 Å². The van der Waals surface area contributed by atoms with Crippen LogP contribution >= 0.6 is 0 Å². The minimum Gasteiger partial charge on any atom is -0.464 e. The maximum atomic E-state index is 12.0. The van der Waals surface area contributed by atoms with Gasteiger partial charge in [-0.25, -0.2) is 13.2 Å². The minimum atomic E-state index is -3.52. The Kier molecular flexibility index (Phi) is 5.38. The molecule has 7 nitrogen and oxygen atoms in total. The van der Waals surface area contributed by atoms with Crippen molar-refractivity contribution < 1.29 is 27.2 Å². The highest BCUT2D eigenvalue weighted by Crippen LogP contribution is 2.20. The zero-order chi connectivity index (χ0) is 16.9. The van der Waals surface area contributed by atoms with Crippen LogP contribution in [0.1, 0.15) is 29.6 Å². The lowest BCUT2D eigenvalue weighted by Crippen LogP contribution is -2.29. The number of fused-ring (bicyclic) bond motifs is 1. The quantitative estimate of drug-likeness (QED) is 0.610. The normalized spacial score (nSPS) is 11.3. The van der Waals surface area contributed by atoms with E-state index in [1.807, 2.05) is 4.72 Å². The number of carbonyl (C=O) groups is 2. The van der Waals surface area contributed by atoms with E-state index in [4.69, 9.17) is 9.15 Å². The van der Waals surface area contributed by atoms with Gasteiger partial charge in [-0.2, -0.15) is 0 Å². The van der Waals surface area contributed by atoms with E-state index in [1.54, 1.807) is 24.3 Å². The van der Waals surface area contributed by atoms with Crippen LogP contribution in [-0.4, -0.2) is 33.2 Å². The van der Waals surface area contributed by atoms with Crippen LogP contribution < -0.4 is 4.72 Å². The first kappa shape index (κ1) is 17.0. The molecule has 1 aromatic carbocycles. The number of amides is 1. The molecule has 1 N–H and O–H groups in total. The summed E-state index contributed by atoms with van der Waals surface area (Å²) in [4.78, 5) is 23.3. The molecule has 124 valence electrons. The van der Waals surface area contributed by atoms with E-state index in [0.717, 1.165) is 6.26 Å². The van der Waals surface area contributed by atoms with Crippen LogP contribution in [0.3, 0.4) is 0 Å². The number of furan rings is 1. The van der Waals surface area contributed by atoms with Crippen LogP contribution in [0.4, 0.5) is 0 Å². The maximum absolute atomic E-state index is 12.0. The Morgan fingerprint density at radius 3 is 2.74 bits per heavy atom. The van der Waals surface area contributed by atoms with Crippen molar-refractivity contribution in [3.63, 3.8) is 0 Å². The monoisotopic (exact) mass is 339 g/mol. The van der Waals surface area contributed by atoms with Gasteiger partial charge in [-0.15, -0.1) is 0 Å². The summed E-state index contributed by atoms with van der Waals surface area (Å²) < 4.78 is 34.0. The van der Waals surface area contributed by atoms with Crippen molar-refractivity contribution in [2.24, 2.45) is 0 Å². The summed E-state index contributed by atoms with van der Waals surface area (Å²) >= 11 is 0. The van der Waals surface area contributed by atoms with Crippen LogP contribution in [0.5, 0.6) is 0 Å². The summed E-state index contributed by atoms with van der Waals surface area (Å²) in [6.45, 7) is 0.152. The van der Waals surface area contributed by atoms with E-state index in [9.17, 15) is 18.0 Å². The third-order valence-corrected chi connectivity index (χ3v) is 3.64. The standard InChI is InChI=1S/C15H17NO6S/c1-23(19,20)16-14(17)7-2-3-9-22-15(18)12-5-4-6-13-11(12)8-10-21-13/h4-6,8,10H,2-3,7,9H2,1H3,(H,16,17). The van der Waals surface area contributed by atoms with E-state index in [0.29, 0.717) is 29.4 Å². The van der Waals surface area contributed by atoms with Crippen molar-refractivity contribution in [2.45, 2.75) is 19.3 Å². The van der Waals surface area contributed by atoms with Gasteiger partial charge in [0.1, 0.15) is 5.58 Å². The van der Waals surface area contributed by atoms with Crippen LogP contribution in [-0.2, 0) is 19.6 Å². The van der Waals surface area contributed by atoms with Crippen molar-refractivity contribution in [1.82, 2.24) is 4.72 Å². The molecule has 0 atom stereocenters. The van der Waals surface area contributed by atoms with Gasteiger partial charge < -0.3 is 9.15 Å². The molecule has 0 unspecified atom stereocenters. The first-order chi connectivity index (χ1) is 10.9. The number of esters is 1. The second-order valence-corrected chi connectivity index (χ2v) is 6.78. The molecule has 0 radical (unpaired) electrons. The summed E-state index contributed by atoms with van der Waals surface area (Å²) in [6.07, 6.45) is 3.36. The molecule has 2 rings (SSSR count). The van der Waals surface area contributed by atoms with Gasteiger partial charge >= 0.3 is 5.97 Å². The van der Waals surface area contributed by atoms with Crippen LogP contribution in [0, 0.1) is 0 Å². The van der Waals surface area contributed by atoms with Gasteiger partial charge in [-0.1, -0.05) is 6.07 Å². The highest BCUT2D eigenvalue weighted by atomic mass is 32.2. The maximum Gasteiger partial charge on any atom is 0.338 e. The van der Waals surface area contributed by atoms with Crippen molar-refractivity contribution in [2.75, 3.05) is 12.9 Å². The van der Waals surface area contributed by atoms with Gasteiger partial charge in [0, 0.05) is 11.8 Å². The number of sulfonamides is 1. The summed E-state index contributed by atoms with van der Waals surface area (Å²) in [5.41, 5.74) is 1.03. The molecule has 0 fully saturated rings. The van der Waals surface area contributed by atoms with E-state index >= 15 is 0 Å². The Labute approximate surface area is 133 Å². The zero-order valence-corrected chi connectivity index (χ0v) is 13.4. The number of benzene rings is 1. The zero-order valence-electron chi connectivity index (χ0n) is 12.6. The molecule has 0 saturated heterocycles. The summed E-state index contributed by atoms with van der Waals surface area (Å²) in [7, 11) is -3.52. The highest BCUT2D eigenvalue weighted by Gasteiger charge is 2.13. The molecular formula is C15H17NO6S. The lowest BCUT2D eigenvalue weighted by atomic mass is 10.1. The van der Waals surface area contributed by atoms with Gasteiger partial charge in [0.25, 0.3) is 0 Å². The predicted octanol–water partition coefficient (Wildman–Crippen LogP) is 1.84. The fraction of sp³-hybridized carbons (Fsp3) is 0.333.